The third kappa shape index (κ3) is 5.33. The minimum atomic E-state index is -0.145. The molecule has 0 aromatic heterocycles. The molecule has 1 atom stereocenters. The molecule has 0 bridgehead atoms. The van der Waals surface area contributed by atoms with Gasteiger partial charge >= 0.3 is 0 Å². The van der Waals surface area contributed by atoms with E-state index in [9.17, 15) is 5.26 Å². The van der Waals surface area contributed by atoms with Crippen LogP contribution in [0.5, 0.6) is 11.5 Å². The van der Waals surface area contributed by atoms with Crippen molar-refractivity contribution in [2.75, 3.05) is 33.9 Å². The number of benzene rings is 3. The van der Waals surface area contributed by atoms with Crippen LogP contribution in [0.1, 0.15) is 59.4 Å². The van der Waals surface area contributed by atoms with Crippen LogP contribution in [0.4, 0.5) is 0 Å². The zero-order chi connectivity index (χ0) is 25.6. The van der Waals surface area contributed by atoms with Crippen LogP contribution in [0.3, 0.4) is 0 Å². The van der Waals surface area contributed by atoms with Crippen LogP contribution in [0.25, 0.3) is 17.7 Å². The molecule has 1 aliphatic heterocycles. The van der Waals surface area contributed by atoms with E-state index in [4.69, 9.17) is 9.47 Å². The molecule has 1 unspecified atom stereocenters. The summed E-state index contributed by atoms with van der Waals surface area (Å²) in [5, 5.41) is 9.82. The SMILES string of the molecule is COc1ccc(C(C#N)CCCN2CCC(=C3c4ccccc4C=Cc4ccccc43)CC2)cc1OC. The predicted octanol–water partition coefficient (Wildman–Crippen LogP) is 7.17. The van der Waals surface area contributed by atoms with Crippen molar-refractivity contribution in [2.45, 2.75) is 31.6 Å². The van der Waals surface area contributed by atoms with E-state index in [2.05, 4.69) is 71.7 Å². The standard InChI is InChI=1S/C33H34N2O2/c1-36-31-16-15-27(22-32(31)37-2)28(23-34)10-7-19-35-20-17-26(18-21-35)33-29-11-5-3-8-24(29)13-14-25-9-4-6-12-30(25)33/h3-6,8-9,11-16,22,28H,7,10,17-21H2,1-2H3. The molecule has 0 radical (unpaired) electrons. The molecule has 37 heavy (non-hydrogen) atoms. The number of methoxy groups -OCH3 is 2. The lowest BCUT2D eigenvalue weighted by Gasteiger charge is -2.30. The molecule has 3 aromatic carbocycles. The van der Waals surface area contributed by atoms with E-state index < -0.39 is 0 Å². The third-order valence-electron chi connectivity index (χ3n) is 7.65. The number of hydrogen-bond donors (Lipinski definition) is 0. The maximum atomic E-state index is 9.82. The second-order valence-corrected chi connectivity index (χ2v) is 9.77. The topological polar surface area (TPSA) is 45.5 Å². The van der Waals surface area contributed by atoms with Crippen LogP contribution in [0, 0.1) is 11.3 Å². The zero-order valence-corrected chi connectivity index (χ0v) is 21.7. The molecule has 0 N–H and O–H groups in total. The summed E-state index contributed by atoms with van der Waals surface area (Å²) in [4.78, 5) is 2.56. The third-order valence-corrected chi connectivity index (χ3v) is 7.65. The van der Waals surface area contributed by atoms with Crippen molar-refractivity contribution in [3.8, 4) is 17.6 Å². The minimum Gasteiger partial charge on any atom is -0.493 e. The number of ether oxygens (including phenoxy) is 2. The Morgan fingerprint density at radius 2 is 1.46 bits per heavy atom. The van der Waals surface area contributed by atoms with Gasteiger partial charge in [0.15, 0.2) is 11.5 Å². The first-order chi connectivity index (χ1) is 18.2. The minimum absolute atomic E-state index is 0.145. The Morgan fingerprint density at radius 1 is 0.838 bits per heavy atom. The summed E-state index contributed by atoms with van der Waals surface area (Å²) in [7, 11) is 3.26. The monoisotopic (exact) mass is 490 g/mol. The highest BCUT2D eigenvalue weighted by Gasteiger charge is 2.23. The number of nitrogens with zero attached hydrogens (tertiary/aromatic N) is 2. The Bertz CT molecular complexity index is 1300. The van der Waals surface area contributed by atoms with E-state index in [0.717, 1.165) is 50.9 Å². The summed E-state index contributed by atoms with van der Waals surface area (Å²) in [6, 6.07) is 25.8. The highest BCUT2D eigenvalue weighted by Crippen LogP contribution is 2.39. The molecule has 2 aliphatic rings. The van der Waals surface area contributed by atoms with Gasteiger partial charge in [-0.05, 0) is 77.8 Å². The molecule has 4 nitrogen and oxygen atoms in total. The van der Waals surface area contributed by atoms with Gasteiger partial charge in [0.25, 0.3) is 0 Å². The van der Waals surface area contributed by atoms with E-state index >= 15 is 0 Å². The first kappa shape index (κ1) is 24.9. The van der Waals surface area contributed by atoms with Gasteiger partial charge in [0.2, 0.25) is 0 Å². The molecule has 4 heteroatoms. The lowest BCUT2D eigenvalue weighted by Crippen LogP contribution is -2.32. The van der Waals surface area contributed by atoms with E-state index in [1.165, 1.54) is 27.8 Å². The number of nitriles is 1. The molecular weight excluding hydrogens is 456 g/mol. The Kier molecular flexibility index (Phi) is 7.73. The van der Waals surface area contributed by atoms with Crippen LogP contribution in [-0.4, -0.2) is 38.8 Å². The molecule has 188 valence electrons. The normalized spacial score (nSPS) is 15.8. The zero-order valence-electron chi connectivity index (χ0n) is 21.7. The van der Waals surface area contributed by atoms with Gasteiger partial charge in [0.05, 0.1) is 26.2 Å². The lowest BCUT2D eigenvalue weighted by atomic mass is 9.86. The van der Waals surface area contributed by atoms with Gasteiger partial charge in [-0.3, -0.25) is 0 Å². The fourth-order valence-electron chi connectivity index (χ4n) is 5.64. The van der Waals surface area contributed by atoms with Gasteiger partial charge in [-0.25, -0.2) is 0 Å². The molecule has 0 spiro atoms. The summed E-state index contributed by atoms with van der Waals surface area (Å²) in [5.74, 6) is 1.22. The van der Waals surface area contributed by atoms with Gasteiger partial charge in [-0.1, -0.05) is 72.3 Å². The predicted molar refractivity (Wildman–Crippen MR) is 151 cm³/mol. The Labute approximate surface area is 220 Å². The van der Waals surface area contributed by atoms with Crippen molar-refractivity contribution < 1.29 is 9.47 Å². The Morgan fingerprint density at radius 3 is 2.05 bits per heavy atom. The van der Waals surface area contributed by atoms with Crippen molar-refractivity contribution >= 4 is 17.7 Å². The summed E-state index contributed by atoms with van der Waals surface area (Å²) in [6.07, 6.45) is 8.49. The number of piperidine rings is 1. The molecule has 1 aliphatic carbocycles. The van der Waals surface area contributed by atoms with Gasteiger partial charge in [0.1, 0.15) is 0 Å². The second kappa shape index (κ2) is 11.5. The first-order valence-corrected chi connectivity index (χ1v) is 13.1. The number of rotatable bonds is 7. The van der Waals surface area contributed by atoms with Gasteiger partial charge in [0, 0.05) is 13.1 Å². The number of likely N-dealkylation sites (tertiary alicyclic amines) is 1. The molecule has 1 fully saturated rings. The number of fused-ring (bicyclic) bond motifs is 2. The summed E-state index contributed by atoms with van der Waals surface area (Å²) in [6.45, 7) is 3.14. The number of hydrogen-bond acceptors (Lipinski definition) is 4. The van der Waals surface area contributed by atoms with Gasteiger partial charge < -0.3 is 14.4 Å². The summed E-state index contributed by atoms with van der Waals surface area (Å²) in [5.41, 5.74) is 9.25. The molecule has 1 saturated heterocycles. The highest BCUT2D eigenvalue weighted by molar-refractivity contribution is 5.94. The molecular formula is C33H34N2O2. The van der Waals surface area contributed by atoms with Crippen molar-refractivity contribution in [3.05, 3.63) is 100 Å². The van der Waals surface area contributed by atoms with Crippen LogP contribution in [-0.2, 0) is 0 Å². The summed E-state index contributed by atoms with van der Waals surface area (Å²) < 4.78 is 10.8. The Hall–Kier alpha value is -3.81. The van der Waals surface area contributed by atoms with Crippen molar-refractivity contribution in [2.24, 2.45) is 0 Å². The average Bonchev–Trinajstić information content (AvgIpc) is 3.12. The van der Waals surface area contributed by atoms with E-state index in [0.29, 0.717) is 11.5 Å². The van der Waals surface area contributed by atoms with Crippen molar-refractivity contribution in [1.82, 2.24) is 4.90 Å². The van der Waals surface area contributed by atoms with Crippen LogP contribution in [0.15, 0.2) is 72.3 Å². The van der Waals surface area contributed by atoms with E-state index in [1.54, 1.807) is 19.8 Å². The fourth-order valence-corrected chi connectivity index (χ4v) is 5.64. The van der Waals surface area contributed by atoms with Crippen LogP contribution in [0.2, 0.25) is 0 Å². The van der Waals surface area contributed by atoms with E-state index in [-0.39, 0.29) is 5.92 Å². The molecule has 0 saturated carbocycles. The maximum Gasteiger partial charge on any atom is 0.161 e. The van der Waals surface area contributed by atoms with Crippen molar-refractivity contribution in [1.29, 1.82) is 5.26 Å². The fraction of sp³-hybridized carbons (Fsp3) is 0.303. The first-order valence-electron chi connectivity index (χ1n) is 13.1. The quantitative estimate of drug-likeness (QED) is 0.275. The molecule has 1 heterocycles. The summed E-state index contributed by atoms with van der Waals surface area (Å²) >= 11 is 0. The van der Waals surface area contributed by atoms with Gasteiger partial charge in [-0.2, -0.15) is 5.26 Å². The second-order valence-electron chi connectivity index (χ2n) is 9.77. The maximum absolute atomic E-state index is 9.82. The average molecular weight is 491 g/mol. The molecule has 5 rings (SSSR count). The van der Waals surface area contributed by atoms with Crippen molar-refractivity contribution in [3.63, 3.8) is 0 Å². The van der Waals surface area contributed by atoms with Crippen LogP contribution < -0.4 is 9.47 Å². The lowest BCUT2D eigenvalue weighted by molar-refractivity contribution is 0.251. The smallest absolute Gasteiger partial charge is 0.161 e. The molecule has 3 aromatic rings. The van der Waals surface area contributed by atoms with Gasteiger partial charge in [-0.15, -0.1) is 0 Å². The van der Waals surface area contributed by atoms with Crippen LogP contribution >= 0.6 is 0 Å². The largest absolute Gasteiger partial charge is 0.493 e. The van der Waals surface area contributed by atoms with E-state index in [1.807, 2.05) is 18.2 Å². The highest BCUT2D eigenvalue weighted by atomic mass is 16.5. The molecule has 0 amide bonds. The Balaban J connectivity index is 1.25.